The predicted molar refractivity (Wildman–Crippen MR) is 115 cm³/mol. The fourth-order valence-corrected chi connectivity index (χ4v) is 5.24. The van der Waals surface area contributed by atoms with Crippen LogP contribution in [0.1, 0.15) is 32.8 Å². The van der Waals surface area contributed by atoms with Crippen molar-refractivity contribution in [3.05, 3.63) is 48.6 Å². The molecule has 3 atom stereocenters. The number of carbonyl (C=O) groups is 1. The summed E-state index contributed by atoms with van der Waals surface area (Å²) in [6, 6.07) is 10.5. The van der Waals surface area contributed by atoms with Gasteiger partial charge in [-0.05, 0) is 32.8 Å². The number of benzene rings is 1. The van der Waals surface area contributed by atoms with E-state index >= 15 is 0 Å². The molecule has 3 heterocycles. The van der Waals surface area contributed by atoms with Crippen LogP contribution in [0, 0.1) is 11.8 Å². The van der Waals surface area contributed by atoms with Gasteiger partial charge in [0.1, 0.15) is 5.60 Å². The van der Waals surface area contributed by atoms with Crippen molar-refractivity contribution in [2.24, 2.45) is 11.8 Å². The van der Waals surface area contributed by atoms with E-state index in [9.17, 15) is 4.79 Å². The Kier molecular flexibility index (Phi) is 5.93. The predicted octanol–water partition coefficient (Wildman–Crippen LogP) is 3.67. The summed E-state index contributed by atoms with van der Waals surface area (Å²) in [7, 11) is 0. The molecule has 0 N–H and O–H groups in total. The second-order valence-electron chi connectivity index (χ2n) is 9.63. The summed E-state index contributed by atoms with van der Waals surface area (Å²) in [5, 5.41) is 0. The number of carbonyl (C=O) groups excluding carboxylic acids is 1. The van der Waals surface area contributed by atoms with Gasteiger partial charge in [-0.25, -0.2) is 4.79 Å². The molecule has 1 aromatic rings. The Balaban J connectivity index is 1.61. The highest BCUT2D eigenvalue weighted by Gasteiger charge is 2.61. The fraction of sp³-hybridized carbons (Fsp3) is 0.625. The van der Waals surface area contributed by atoms with Crippen molar-refractivity contribution in [3.8, 4) is 0 Å². The molecule has 0 aromatic heterocycles. The van der Waals surface area contributed by atoms with E-state index in [0.29, 0.717) is 26.2 Å². The van der Waals surface area contributed by atoms with Gasteiger partial charge in [0, 0.05) is 44.1 Å². The molecular weight excluding hydrogens is 380 g/mol. The molecule has 6 nitrogen and oxygen atoms in total. The molecule has 1 amide bonds. The zero-order valence-corrected chi connectivity index (χ0v) is 18.4. The molecule has 0 radical (unpaired) electrons. The van der Waals surface area contributed by atoms with E-state index in [1.807, 2.05) is 37.8 Å². The van der Waals surface area contributed by atoms with Gasteiger partial charge in [0.25, 0.3) is 0 Å². The van der Waals surface area contributed by atoms with Crippen LogP contribution < -0.4 is 0 Å². The van der Waals surface area contributed by atoms with Gasteiger partial charge in [0.05, 0.1) is 13.2 Å². The summed E-state index contributed by atoms with van der Waals surface area (Å²) in [5.74, 6) is -0.489. The summed E-state index contributed by atoms with van der Waals surface area (Å²) in [5.41, 5.74) is 0.767. The van der Waals surface area contributed by atoms with E-state index in [4.69, 9.17) is 14.2 Å². The van der Waals surface area contributed by atoms with Crippen molar-refractivity contribution in [3.63, 3.8) is 0 Å². The lowest BCUT2D eigenvalue weighted by molar-refractivity contribution is -0.287. The average molecular weight is 415 g/mol. The molecule has 3 aliphatic rings. The first kappa shape index (κ1) is 21.3. The second kappa shape index (κ2) is 8.33. The molecule has 3 fully saturated rings. The first-order chi connectivity index (χ1) is 14.3. The maximum absolute atomic E-state index is 13.1. The fourth-order valence-electron chi connectivity index (χ4n) is 5.24. The third-order valence-electron chi connectivity index (χ3n) is 6.33. The highest BCUT2D eigenvalue weighted by molar-refractivity contribution is 5.69. The Hall–Kier alpha value is -1.89. The highest BCUT2D eigenvalue weighted by atomic mass is 16.7. The van der Waals surface area contributed by atoms with Gasteiger partial charge < -0.3 is 19.1 Å². The SMILES string of the molecule is C=CCC1C2CN(Cc3ccccc3)C[C@@H](CN1C(=O)OC(C)(C)C)C21OCCO1. The molecular formula is C24H34N2O4. The molecule has 1 spiro atoms. The molecule has 1 aromatic carbocycles. The Morgan fingerprint density at radius 2 is 1.90 bits per heavy atom. The van der Waals surface area contributed by atoms with Crippen molar-refractivity contribution in [2.75, 3.05) is 32.8 Å². The Labute approximate surface area is 179 Å². The Morgan fingerprint density at radius 3 is 2.53 bits per heavy atom. The molecule has 164 valence electrons. The molecule has 30 heavy (non-hydrogen) atoms. The van der Waals surface area contributed by atoms with E-state index in [1.54, 1.807) is 0 Å². The van der Waals surface area contributed by atoms with Crippen molar-refractivity contribution < 1.29 is 19.0 Å². The van der Waals surface area contributed by atoms with Gasteiger partial charge in [-0.2, -0.15) is 0 Å². The summed E-state index contributed by atoms with van der Waals surface area (Å²) in [6.07, 6.45) is 2.32. The van der Waals surface area contributed by atoms with Crippen LogP contribution in [0.4, 0.5) is 4.79 Å². The second-order valence-corrected chi connectivity index (χ2v) is 9.63. The van der Waals surface area contributed by atoms with Crippen molar-refractivity contribution in [1.82, 2.24) is 9.80 Å². The number of amides is 1. The molecule has 0 saturated carbocycles. The minimum atomic E-state index is -0.612. The summed E-state index contributed by atoms with van der Waals surface area (Å²) in [4.78, 5) is 17.5. The highest BCUT2D eigenvalue weighted by Crippen LogP contribution is 2.48. The van der Waals surface area contributed by atoms with Crippen LogP contribution >= 0.6 is 0 Å². The monoisotopic (exact) mass is 414 g/mol. The minimum Gasteiger partial charge on any atom is -0.444 e. The van der Waals surface area contributed by atoms with Crippen LogP contribution in [-0.2, 0) is 20.8 Å². The van der Waals surface area contributed by atoms with Crippen molar-refractivity contribution >= 4 is 6.09 Å². The van der Waals surface area contributed by atoms with E-state index in [2.05, 4.69) is 35.7 Å². The molecule has 3 saturated heterocycles. The first-order valence-corrected chi connectivity index (χ1v) is 11.0. The van der Waals surface area contributed by atoms with Crippen molar-refractivity contribution in [1.29, 1.82) is 0 Å². The standard InChI is InChI=1S/C24H34N2O4/c1-5-9-21-20-17-25(14-18-10-7-6-8-11-18)15-19(24(20)28-12-13-29-24)16-26(21)22(27)30-23(2,3)4/h5-8,10-11,19-21H,1,9,12-17H2,2-4H3/t19-,20?,21?/m0/s1. The van der Waals surface area contributed by atoms with Crippen LogP contribution in [0.3, 0.4) is 0 Å². The van der Waals surface area contributed by atoms with Gasteiger partial charge in [-0.3, -0.25) is 4.90 Å². The van der Waals surface area contributed by atoms with Crippen LogP contribution in [0.2, 0.25) is 0 Å². The first-order valence-electron chi connectivity index (χ1n) is 11.0. The van der Waals surface area contributed by atoms with Crippen LogP contribution in [0.15, 0.2) is 43.0 Å². The van der Waals surface area contributed by atoms with Gasteiger partial charge in [0.15, 0.2) is 5.79 Å². The zero-order chi connectivity index (χ0) is 21.4. The number of piperidine rings is 2. The lowest BCUT2D eigenvalue weighted by Gasteiger charge is -2.58. The molecule has 2 unspecified atom stereocenters. The number of ether oxygens (including phenoxy) is 3. The molecule has 4 rings (SSSR count). The maximum atomic E-state index is 13.1. The van der Waals surface area contributed by atoms with E-state index in [1.165, 1.54) is 5.56 Å². The minimum absolute atomic E-state index is 0.0433. The maximum Gasteiger partial charge on any atom is 0.410 e. The Morgan fingerprint density at radius 1 is 1.20 bits per heavy atom. The third kappa shape index (κ3) is 4.13. The van der Waals surface area contributed by atoms with E-state index < -0.39 is 11.4 Å². The quantitative estimate of drug-likeness (QED) is 0.704. The van der Waals surface area contributed by atoms with E-state index in [0.717, 1.165) is 19.6 Å². The van der Waals surface area contributed by atoms with Gasteiger partial charge >= 0.3 is 6.09 Å². The summed E-state index contributed by atoms with van der Waals surface area (Å²) in [6.45, 7) is 14.0. The van der Waals surface area contributed by atoms with Crippen LogP contribution in [0.5, 0.6) is 0 Å². The number of nitrogens with zero attached hydrogens (tertiary/aromatic N) is 2. The molecule has 6 heteroatoms. The normalized spacial score (nSPS) is 28.5. The summed E-state index contributed by atoms with van der Waals surface area (Å²) >= 11 is 0. The Bertz CT molecular complexity index is 754. The number of rotatable bonds is 4. The van der Waals surface area contributed by atoms with E-state index in [-0.39, 0.29) is 24.0 Å². The smallest absolute Gasteiger partial charge is 0.410 e. The topological polar surface area (TPSA) is 51.2 Å². The molecule has 2 bridgehead atoms. The number of hydrogen-bond acceptors (Lipinski definition) is 5. The number of hydrogen-bond donors (Lipinski definition) is 0. The van der Waals surface area contributed by atoms with Crippen LogP contribution in [-0.4, -0.2) is 66.2 Å². The summed E-state index contributed by atoms with van der Waals surface area (Å²) < 4.78 is 18.3. The molecule has 3 aliphatic heterocycles. The van der Waals surface area contributed by atoms with Gasteiger partial charge in [-0.15, -0.1) is 6.58 Å². The number of likely N-dealkylation sites (tertiary alicyclic amines) is 2. The lowest BCUT2D eigenvalue weighted by atomic mass is 9.72. The molecule has 0 aliphatic carbocycles. The lowest BCUT2D eigenvalue weighted by Crippen LogP contribution is -2.71. The zero-order valence-electron chi connectivity index (χ0n) is 18.4. The van der Waals surface area contributed by atoms with Crippen molar-refractivity contribution in [2.45, 2.75) is 51.2 Å². The van der Waals surface area contributed by atoms with Gasteiger partial charge in [-0.1, -0.05) is 36.4 Å². The van der Waals surface area contributed by atoms with Gasteiger partial charge in [0.2, 0.25) is 0 Å². The average Bonchev–Trinajstić information content (AvgIpc) is 3.14. The third-order valence-corrected chi connectivity index (χ3v) is 6.33. The largest absolute Gasteiger partial charge is 0.444 e. The van der Waals surface area contributed by atoms with Crippen LogP contribution in [0.25, 0.3) is 0 Å².